The number of benzene rings is 2. The number of aliphatic hydroxyl groups is 1. The molecule has 0 fully saturated rings. The van der Waals surface area contributed by atoms with Gasteiger partial charge >= 0.3 is 0 Å². The second kappa shape index (κ2) is 5.72. The summed E-state index contributed by atoms with van der Waals surface area (Å²) in [5.41, 5.74) is 3.76. The lowest BCUT2D eigenvalue weighted by molar-refractivity contribution is 0.177. The van der Waals surface area contributed by atoms with Crippen molar-refractivity contribution in [3.05, 3.63) is 69.5 Å². The number of aliphatic hydroxyl groups excluding tert-OH is 1. The van der Waals surface area contributed by atoms with Gasteiger partial charge in [0.2, 0.25) is 0 Å². The van der Waals surface area contributed by atoms with Crippen LogP contribution in [0.4, 0.5) is 4.39 Å². The Balaban J connectivity index is 2.28. The van der Waals surface area contributed by atoms with Gasteiger partial charge in [-0.2, -0.15) is 0 Å². The molecule has 3 heteroatoms. The van der Waals surface area contributed by atoms with E-state index in [1.165, 1.54) is 12.1 Å². The summed E-state index contributed by atoms with van der Waals surface area (Å²) in [5, 5.41) is 10.7. The molecule has 0 aliphatic heterocycles. The van der Waals surface area contributed by atoms with E-state index >= 15 is 0 Å². The molecule has 0 spiro atoms. The van der Waals surface area contributed by atoms with Crippen LogP contribution in [-0.2, 0) is 6.42 Å². The van der Waals surface area contributed by atoms with E-state index in [0.717, 1.165) is 22.3 Å². The van der Waals surface area contributed by atoms with Crippen LogP contribution >= 0.6 is 11.6 Å². The maximum absolute atomic E-state index is 13.0. The van der Waals surface area contributed by atoms with Crippen LogP contribution in [0.25, 0.3) is 0 Å². The van der Waals surface area contributed by atoms with Crippen molar-refractivity contribution in [1.29, 1.82) is 0 Å². The van der Waals surface area contributed by atoms with E-state index in [9.17, 15) is 9.50 Å². The van der Waals surface area contributed by atoms with Crippen LogP contribution in [0.3, 0.4) is 0 Å². The maximum atomic E-state index is 13.0. The summed E-state index contributed by atoms with van der Waals surface area (Å²) >= 11 is 5.99. The van der Waals surface area contributed by atoms with Gasteiger partial charge in [0, 0.05) is 11.4 Å². The average molecular weight is 279 g/mol. The molecule has 1 N–H and O–H groups in total. The first-order valence-corrected chi connectivity index (χ1v) is 6.55. The zero-order valence-electron chi connectivity index (χ0n) is 11.0. The van der Waals surface area contributed by atoms with Crippen LogP contribution in [0.2, 0.25) is 5.02 Å². The van der Waals surface area contributed by atoms with E-state index in [0.29, 0.717) is 11.4 Å². The fraction of sp³-hybridized carbons (Fsp3) is 0.250. The predicted octanol–water partition coefficient (Wildman–Crippen LogP) is 4.37. The second-order valence-electron chi connectivity index (χ2n) is 4.76. The monoisotopic (exact) mass is 278 g/mol. The van der Waals surface area contributed by atoms with Crippen molar-refractivity contribution in [3.63, 3.8) is 0 Å². The fourth-order valence-corrected chi connectivity index (χ4v) is 2.59. The summed E-state index contributed by atoms with van der Waals surface area (Å²) < 4.78 is 13.0. The van der Waals surface area contributed by atoms with Gasteiger partial charge in [0.25, 0.3) is 0 Å². The minimum atomic E-state index is -0.635. The van der Waals surface area contributed by atoms with E-state index in [-0.39, 0.29) is 5.82 Å². The number of hydrogen-bond acceptors (Lipinski definition) is 1. The Morgan fingerprint density at radius 2 is 1.79 bits per heavy atom. The molecule has 0 heterocycles. The molecule has 0 radical (unpaired) electrons. The van der Waals surface area contributed by atoms with Crippen molar-refractivity contribution in [3.8, 4) is 0 Å². The highest BCUT2D eigenvalue weighted by Gasteiger charge is 2.15. The molecule has 2 rings (SSSR count). The average Bonchev–Trinajstić information content (AvgIpc) is 2.32. The molecule has 2 aromatic rings. The lowest BCUT2D eigenvalue weighted by Gasteiger charge is -2.17. The summed E-state index contributed by atoms with van der Waals surface area (Å²) in [5.74, 6) is -0.365. The standard InChI is InChI=1S/C16H16ClFO/c1-10-4-3-5-11(2)16(10)15(19)8-12-6-7-13(18)9-14(12)17/h3-7,9,15,19H,8H2,1-2H3. The zero-order chi connectivity index (χ0) is 14.0. The molecule has 1 nitrogen and oxygen atoms in total. The molecule has 0 aliphatic carbocycles. The molecule has 0 bridgehead atoms. The molecule has 0 amide bonds. The van der Waals surface area contributed by atoms with Gasteiger partial charge < -0.3 is 5.11 Å². The quantitative estimate of drug-likeness (QED) is 0.884. The van der Waals surface area contributed by atoms with Crippen LogP contribution in [0.1, 0.15) is 28.4 Å². The van der Waals surface area contributed by atoms with Crippen molar-refractivity contribution in [2.24, 2.45) is 0 Å². The molecule has 1 unspecified atom stereocenters. The van der Waals surface area contributed by atoms with Gasteiger partial charge in [0.1, 0.15) is 5.82 Å². The van der Waals surface area contributed by atoms with Crippen molar-refractivity contribution in [2.75, 3.05) is 0 Å². The molecule has 100 valence electrons. The second-order valence-corrected chi connectivity index (χ2v) is 5.17. The minimum absolute atomic E-state index is 0.352. The summed E-state index contributed by atoms with van der Waals surface area (Å²) in [7, 11) is 0. The first-order chi connectivity index (χ1) is 8.99. The van der Waals surface area contributed by atoms with Gasteiger partial charge in [-0.1, -0.05) is 35.9 Å². The molecule has 0 saturated heterocycles. The van der Waals surface area contributed by atoms with E-state index in [1.54, 1.807) is 6.07 Å². The van der Waals surface area contributed by atoms with Crippen molar-refractivity contribution in [1.82, 2.24) is 0 Å². The Labute approximate surface area is 117 Å². The lowest BCUT2D eigenvalue weighted by atomic mass is 9.94. The largest absolute Gasteiger partial charge is 0.388 e. The maximum Gasteiger partial charge on any atom is 0.124 e. The van der Waals surface area contributed by atoms with Crippen LogP contribution in [0, 0.1) is 19.7 Å². The third-order valence-electron chi connectivity index (χ3n) is 3.30. The molecule has 2 aromatic carbocycles. The Hall–Kier alpha value is -1.38. The molecular weight excluding hydrogens is 263 g/mol. The summed E-state index contributed by atoms with van der Waals surface area (Å²) in [6, 6.07) is 10.2. The summed E-state index contributed by atoms with van der Waals surface area (Å²) in [6.07, 6.45) is -0.255. The third kappa shape index (κ3) is 3.14. The van der Waals surface area contributed by atoms with Gasteiger partial charge in [0.15, 0.2) is 0 Å². The fourth-order valence-electron chi connectivity index (χ4n) is 2.35. The number of hydrogen-bond donors (Lipinski definition) is 1. The van der Waals surface area contributed by atoms with Crippen LogP contribution in [0.15, 0.2) is 36.4 Å². The Kier molecular flexibility index (Phi) is 4.23. The third-order valence-corrected chi connectivity index (χ3v) is 3.66. The van der Waals surface area contributed by atoms with Crippen molar-refractivity contribution in [2.45, 2.75) is 26.4 Å². The first-order valence-electron chi connectivity index (χ1n) is 6.17. The SMILES string of the molecule is Cc1cccc(C)c1C(O)Cc1ccc(F)cc1Cl. The normalized spacial score (nSPS) is 12.5. The molecule has 19 heavy (non-hydrogen) atoms. The van der Waals surface area contributed by atoms with Gasteiger partial charge in [0.05, 0.1) is 6.10 Å². The van der Waals surface area contributed by atoms with Crippen LogP contribution in [-0.4, -0.2) is 5.11 Å². The van der Waals surface area contributed by atoms with E-state index in [4.69, 9.17) is 11.6 Å². The lowest BCUT2D eigenvalue weighted by Crippen LogP contribution is -2.06. The Morgan fingerprint density at radius 1 is 1.16 bits per heavy atom. The Morgan fingerprint density at radius 3 is 2.37 bits per heavy atom. The van der Waals surface area contributed by atoms with E-state index < -0.39 is 6.10 Å². The van der Waals surface area contributed by atoms with Crippen molar-refractivity contribution >= 4 is 11.6 Å². The summed E-state index contributed by atoms with van der Waals surface area (Å²) in [4.78, 5) is 0. The molecule has 0 saturated carbocycles. The smallest absolute Gasteiger partial charge is 0.124 e. The highest BCUT2D eigenvalue weighted by atomic mass is 35.5. The highest BCUT2D eigenvalue weighted by Crippen LogP contribution is 2.28. The molecular formula is C16H16ClFO. The van der Waals surface area contributed by atoms with Gasteiger partial charge in [-0.3, -0.25) is 0 Å². The number of halogens is 2. The first kappa shape index (κ1) is 14.0. The van der Waals surface area contributed by atoms with Crippen LogP contribution < -0.4 is 0 Å². The topological polar surface area (TPSA) is 20.2 Å². The number of aryl methyl sites for hydroxylation is 2. The summed E-state index contributed by atoms with van der Waals surface area (Å²) in [6.45, 7) is 3.94. The molecule has 1 atom stereocenters. The van der Waals surface area contributed by atoms with Crippen LogP contribution in [0.5, 0.6) is 0 Å². The van der Waals surface area contributed by atoms with Gasteiger partial charge in [-0.25, -0.2) is 4.39 Å². The number of rotatable bonds is 3. The van der Waals surface area contributed by atoms with Gasteiger partial charge in [-0.05, 0) is 48.2 Å². The van der Waals surface area contributed by atoms with E-state index in [2.05, 4.69) is 0 Å². The molecule has 0 aliphatic rings. The minimum Gasteiger partial charge on any atom is -0.388 e. The van der Waals surface area contributed by atoms with E-state index in [1.807, 2.05) is 32.0 Å². The molecule has 0 aromatic heterocycles. The Bertz CT molecular complexity index is 575. The zero-order valence-corrected chi connectivity index (χ0v) is 11.7. The van der Waals surface area contributed by atoms with Crippen molar-refractivity contribution < 1.29 is 9.50 Å². The highest BCUT2D eigenvalue weighted by molar-refractivity contribution is 6.31. The predicted molar refractivity (Wildman–Crippen MR) is 76.0 cm³/mol. The van der Waals surface area contributed by atoms with Gasteiger partial charge in [-0.15, -0.1) is 0 Å².